The van der Waals surface area contributed by atoms with Gasteiger partial charge in [-0.25, -0.2) is 0 Å². The third kappa shape index (κ3) is 5.80. The second kappa shape index (κ2) is 10.6. The summed E-state index contributed by atoms with van der Waals surface area (Å²) in [7, 11) is 0. The third-order valence-electron chi connectivity index (χ3n) is 5.35. The van der Waals surface area contributed by atoms with Gasteiger partial charge in [-0.1, -0.05) is 59.8 Å². The van der Waals surface area contributed by atoms with Gasteiger partial charge in [0.15, 0.2) is 5.16 Å². The van der Waals surface area contributed by atoms with E-state index >= 15 is 0 Å². The molecule has 0 fully saturated rings. The lowest BCUT2D eigenvalue weighted by molar-refractivity contribution is -0.129. The summed E-state index contributed by atoms with van der Waals surface area (Å²) in [6.45, 7) is 5.03. The van der Waals surface area contributed by atoms with Crippen LogP contribution in [0.4, 0.5) is 0 Å². The SMILES string of the molecule is Cc1ccc(-n2cnnc2SCC(=O)N(Cc2cccnc2)Cc2ccccc2C)cc1Cl. The summed E-state index contributed by atoms with van der Waals surface area (Å²) >= 11 is 7.65. The molecule has 4 rings (SSSR count). The molecule has 0 aliphatic rings. The summed E-state index contributed by atoms with van der Waals surface area (Å²) in [5.41, 5.74) is 5.13. The number of hydrogen-bond donors (Lipinski definition) is 0. The Bertz CT molecular complexity index is 1240. The molecule has 1 amide bonds. The normalized spacial score (nSPS) is 10.9. The fourth-order valence-electron chi connectivity index (χ4n) is 3.39. The summed E-state index contributed by atoms with van der Waals surface area (Å²) in [4.78, 5) is 19.4. The molecule has 0 radical (unpaired) electrons. The first-order valence-electron chi connectivity index (χ1n) is 10.5. The van der Waals surface area contributed by atoms with Crippen molar-refractivity contribution in [3.05, 3.63) is 101 Å². The van der Waals surface area contributed by atoms with Crippen molar-refractivity contribution < 1.29 is 4.79 Å². The molecular formula is C25H24ClN5OS. The fourth-order valence-corrected chi connectivity index (χ4v) is 4.39. The second-order valence-corrected chi connectivity index (χ2v) is 9.09. The van der Waals surface area contributed by atoms with Crippen molar-refractivity contribution in [2.45, 2.75) is 32.1 Å². The molecule has 0 aliphatic carbocycles. The minimum absolute atomic E-state index is 0.0172. The number of thioether (sulfide) groups is 1. The van der Waals surface area contributed by atoms with E-state index in [2.05, 4.69) is 34.2 Å². The predicted molar refractivity (Wildman–Crippen MR) is 131 cm³/mol. The maximum absolute atomic E-state index is 13.3. The molecule has 6 nitrogen and oxygen atoms in total. The number of nitrogens with zero attached hydrogens (tertiary/aromatic N) is 5. The second-order valence-electron chi connectivity index (χ2n) is 7.74. The van der Waals surface area contributed by atoms with Gasteiger partial charge in [-0.2, -0.15) is 0 Å². The molecule has 2 aromatic carbocycles. The van der Waals surface area contributed by atoms with Gasteiger partial charge in [0.1, 0.15) is 6.33 Å². The number of hydrogen-bond acceptors (Lipinski definition) is 5. The predicted octanol–water partition coefficient (Wildman–Crippen LogP) is 5.25. The summed E-state index contributed by atoms with van der Waals surface area (Å²) in [6.07, 6.45) is 5.16. The lowest BCUT2D eigenvalue weighted by Gasteiger charge is -2.23. The molecule has 8 heteroatoms. The van der Waals surface area contributed by atoms with Crippen molar-refractivity contribution in [1.82, 2.24) is 24.6 Å². The van der Waals surface area contributed by atoms with Gasteiger partial charge in [-0.05, 0) is 54.3 Å². The monoisotopic (exact) mass is 477 g/mol. The summed E-state index contributed by atoms with van der Waals surface area (Å²) in [5.74, 6) is 0.258. The molecule has 0 unspecified atom stereocenters. The maximum atomic E-state index is 13.3. The van der Waals surface area contributed by atoms with Crippen LogP contribution in [0.5, 0.6) is 0 Å². The van der Waals surface area contributed by atoms with Crippen LogP contribution in [-0.4, -0.2) is 36.3 Å². The summed E-state index contributed by atoms with van der Waals surface area (Å²) in [5, 5.41) is 9.56. The fraction of sp³-hybridized carbons (Fsp3) is 0.200. The van der Waals surface area contributed by atoms with Gasteiger partial charge in [-0.3, -0.25) is 14.3 Å². The summed E-state index contributed by atoms with van der Waals surface area (Å²) in [6, 6.07) is 17.8. The molecule has 33 heavy (non-hydrogen) atoms. The quantitative estimate of drug-likeness (QED) is 0.324. The van der Waals surface area contributed by atoms with E-state index in [1.54, 1.807) is 18.7 Å². The average molecular weight is 478 g/mol. The maximum Gasteiger partial charge on any atom is 0.233 e. The number of aromatic nitrogens is 4. The summed E-state index contributed by atoms with van der Waals surface area (Å²) < 4.78 is 1.84. The van der Waals surface area contributed by atoms with Gasteiger partial charge in [0.25, 0.3) is 0 Å². The lowest BCUT2D eigenvalue weighted by Crippen LogP contribution is -2.32. The lowest BCUT2D eigenvalue weighted by atomic mass is 10.1. The van der Waals surface area contributed by atoms with E-state index in [9.17, 15) is 4.79 Å². The minimum atomic E-state index is 0.0172. The van der Waals surface area contributed by atoms with Crippen LogP contribution >= 0.6 is 23.4 Å². The van der Waals surface area contributed by atoms with Gasteiger partial charge >= 0.3 is 0 Å². The first-order valence-corrected chi connectivity index (χ1v) is 11.9. The van der Waals surface area contributed by atoms with Gasteiger partial charge in [-0.15, -0.1) is 10.2 Å². The van der Waals surface area contributed by atoms with Gasteiger partial charge in [0.2, 0.25) is 5.91 Å². The molecule has 0 saturated heterocycles. The molecule has 0 aliphatic heterocycles. The average Bonchev–Trinajstić information content (AvgIpc) is 3.29. The Hall–Kier alpha value is -3.16. The topological polar surface area (TPSA) is 63.9 Å². The molecule has 0 saturated carbocycles. The van der Waals surface area contributed by atoms with E-state index in [1.165, 1.54) is 11.8 Å². The van der Waals surface area contributed by atoms with Gasteiger partial charge in [0, 0.05) is 30.5 Å². The van der Waals surface area contributed by atoms with Crippen LogP contribution in [0.3, 0.4) is 0 Å². The zero-order valence-electron chi connectivity index (χ0n) is 18.5. The van der Waals surface area contributed by atoms with Crippen LogP contribution in [0.1, 0.15) is 22.3 Å². The first-order chi connectivity index (χ1) is 16.0. The number of carbonyl (C=O) groups is 1. The van der Waals surface area contributed by atoms with E-state index in [0.717, 1.165) is 27.9 Å². The highest BCUT2D eigenvalue weighted by Gasteiger charge is 2.18. The number of carbonyl (C=O) groups excluding carboxylic acids is 1. The zero-order chi connectivity index (χ0) is 23.2. The van der Waals surface area contributed by atoms with E-state index < -0.39 is 0 Å². The zero-order valence-corrected chi connectivity index (χ0v) is 20.1. The molecular weight excluding hydrogens is 454 g/mol. The van der Waals surface area contributed by atoms with Crippen LogP contribution in [0.15, 0.2) is 78.5 Å². The van der Waals surface area contributed by atoms with Crippen LogP contribution < -0.4 is 0 Å². The van der Waals surface area contributed by atoms with Crippen molar-refractivity contribution in [1.29, 1.82) is 0 Å². The highest BCUT2D eigenvalue weighted by molar-refractivity contribution is 7.99. The van der Waals surface area contributed by atoms with Crippen LogP contribution in [0, 0.1) is 13.8 Å². The highest BCUT2D eigenvalue weighted by Crippen LogP contribution is 2.24. The van der Waals surface area contributed by atoms with Crippen molar-refractivity contribution in [3.63, 3.8) is 0 Å². The Morgan fingerprint density at radius 1 is 1.06 bits per heavy atom. The Labute approximate surface area is 202 Å². The highest BCUT2D eigenvalue weighted by atomic mass is 35.5. The Kier molecular flexibility index (Phi) is 7.42. The van der Waals surface area contributed by atoms with Crippen LogP contribution in [-0.2, 0) is 17.9 Å². The van der Waals surface area contributed by atoms with Crippen LogP contribution in [0.2, 0.25) is 5.02 Å². The molecule has 168 valence electrons. The number of aryl methyl sites for hydroxylation is 2. The standard InChI is InChI=1S/C25H24ClN5OS/c1-18-6-3-4-8-21(18)15-30(14-20-7-5-11-27-13-20)24(32)16-33-25-29-28-17-31(25)22-10-9-19(2)23(26)12-22/h3-13,17H,14-16H2,1-2H3. The van der Waals surface area contributed by atoms with E-state index in [0.29, 0.717) is 23.3 Å². The molecule has 4 aromatic rings. The van der Waals surface area contributed by atoms with Crippen molar-refractivity contribution >= 4 is 29.3 Å². The Balaban J connectivity index is 1.51. The van der Waals surface area contributed by atoms with E-state index in [4.69, 9.17) is 11.6 Å². The number of halogens is 1. The number of pyridine rings is 1. The van der Waals surface area contributed by atoms with Crippen molar-refractivity contribution in [2.75, 3.05) is 5.75 Å². The third-order valence-corrected chi connectivity index (χ3v) is 6.68. The van der Waals surface area contributed by atoms with Crippen molar-refractivity contribution in [3.8, 4) is 5.69 Å². The van der Waals surface area contributed by atoms with Gasteiger partial charge < -0.3 is 4.90 Å². The molecule has 2 aromatic heterocycles. The molecule has 0 atom stereocenters. The largest absolute Gasteiger partial charge is 0.333 e. The van der Waals surface area contributed by atoms with E-state index in [-0.39, 0.29) is 11.7 Å². The smallest absolute Gasteiger partial charge is 0.233 e. The molecule has 0 N–H and O–H groups in total. The molecule has 0 bridgehead atoms. The first kappa shape index (κ1) is 23.0. The Morgan fingerprint density at radius 2 is 1.91 bits per heavy atom. The van der Waals surface area contributed by atoms with Crippen LogP contribution in [0.25, 0.3) is 5.69 Å². The molecule has 0 spiro atoms. The van der Waals surface area contributed by atoms with E-state index in [1.807, 2.05) is 58.9 Å². The number of amides is 1. The number of benzene rings is 2. The molecule has 2 heterocycles. The Morgan fingerprint density at radius 3 is 2.67 bits per heavy atom. The van der Waals surface area contributed by atoms with Gasteiger partial charge in [0.05, 0.1) is 11.4 Å². The number of rotatable bonds is 8. The minimum Gasteiger partial charge on any atom is -0.333 e. The van der Waals surface area contributed by atoms with Crippen molar-refractivity contribution in [2.24, 2.45) is 0 Å².